The molecule has 0 aliphatic rings. The zero-order valence-electron chi connectivity index (χ0n) is 15.9. The number of amides is 3. The molecule has 0 bridgehead atoms. The third-order valence-electron chi connectivity index (χ3n) is 4.22. The summed E-state index contributed by atoms with van der Waals surface area (Å²) >= 11 is 0. The summed E-state index contributed by atoms with van der Waals surface area (Å²) < 4.78 is 10.2. The second-order valence-corrected chi connectivity index (χ2v) is 6.60. The average molecular weight is 396 g/mol. The lowest BCUT2D eigenvalue weighted by molar-refractivity contribution is -0.147. The van der Waals surface area contributed by atoms with Crippen molar-refractivity contribution >= 4 is 34.6 Å². The van der Waals surface area contributed by atoms with Crippen molar-refractivity contribution in [2.75, 3.05) is 11.9 Å². The molecular weight excluding hydrogens is 376 g/mol. The molecule has 1 aromatic heterocycles. The molecule has 8 nitrogen and oxygen atoms in total. The standard InChI is InChI=1S/C21H20N2O6/c1-12-3-6-17(13(2)7-12)22-21(27)23-19(25)11-29-20(26)8-14-10-28-18-9-15(24)4-5-16(14)18/h3-7,9-10,24H,8,11H2,1-2H3,(H2,22,23,25,27). The quantitative estimate of drug-likeness (QED) is 0.570. The van der Waals surface area contributed by atoms with Crippen molar-refractivity contribution in [2.45, 2.75) is 20.3 Å². The van der Waals surface area contributed by atoms with Crippen LogP contribution in [0.25, 0.3) is 11.0 Å². The topological polar surface area (TPSA) is 118 Å². The Morgan fingerprint density at radius 3 is 2.66 bits per heavy atom. The zero-order valence-corrected chi connectivity index (χ0v) is 15.9. The van der Waals surface area contributed by atoms with Gasteiger partial charge < -0.3 is 19.6 Å². The van der Waals surface area contributed by atoms with Gasteiger partial charge in [0.05, 0.1) is 12.7 Å². The van der Waals surface area contributed by atoms with Gasteiger partial charge in [0.2, 0.25) is 0 Å². The van der Waals surface area contributed by atoms with Crippen LogP contribution in [-0.2, 0) is 20.7 Å². The summed E-state index contributed by atoms with van der Waals surface area (Å²) in [5.41, 5.74) is 3.50. The summed E-state index contributed by atoms with van der Waals surface area (Å²) in [6, 6.07) is 9.32. The number of ether oxygens (including phenoxy) is 1. The fourth-order valence-electron chi connectivity index (χ4n) is 2.83. The van der Waals surface area contributed by atoms with Gasteiger partial charge in [-0.3, -0.25) is 14.9 Å². The minimum absolute atomic E-state index is 0.0526. The fraction of sp³-hybridized carbons (Fsp3) is 0.190. The molecule has 1 heterocycles. The number of aromatic hydroxyl groups is 1. The number of esters is 1. The van der Waals surface area contributed by atoms with E-state index in [1.807, 2.05) is 26.0 Å². The van der Waals surface area contributed by atoms with Crippen LogP contribution in [-0.4, -0.2) is 29.6 Å². The lowest BCUT2D eigenvalue weighted by atomic mass is 10.1. The molecule has 0 saturated heterocycles. The van der Waals surface area contributed by atoms with E-state index in [2.05, 4.69) is 10.6 Å². The van der Waals surface area contributed by atoms with E-state index in [1.54, 1.807) is 12.1 Å². The molecule has 0 saturated carbocycles. The molecule has 0 aliphatic carbocycles. The van der Waals surface area contributed by atoms with Crippen LogP contribution in [0, 0.1) is 13.8 Å². The van der Waals surface area contributed by atoms with E-state index in [9.17, 15) is 19.5 Å². The van der Waals surface area contributed by atoms with Gasteiger partial charge in [-0.2, -0.15) is 0 Å². The first kappa shape index (κ1) is 19.9. The Labute approximate surface area is 166 Å². The number of nitrogens with one attached hydrogen (secondary N) is 2. The molecule has 0 radical (unpaired) electrons. The van der Waals surface area contributed by atoms with Gasteiger partial charge in [0.15, 0.2) is 6.61 Å². The number of furan rings is 1. The molecule has 3 amide bonds. The van der Waals surface area contributed by atoms with Crippen molar-refractivity contribution in [1.29, 1.82) is 0 Å². The maximum absolute atomic E-state index is 12.0. The number of imide groups is 1. The monoisotopic (exact) mass is 396 g/mol. The Bertz CT molecular complexity index is 1090. The number of carbonyl (C=O) groups excluding carboxylic acids is 3. The Balaban J connectivity index is 1.48. The van der Waals surface area contributed by atoms with E-state index < -0.39 is 24.5 Å². The number of aryl methyl sites for hydroxylation is 2. The molecule has 0 aliphatic heterocycles. The molecule has 2 aromatic carbocycles. The van der Waals surface area contributed by atoms with E-state index in [1.165, 1.54) is 18.4 Å². The molecule has 8 heteroatoms. The van der Waals surface area contributed by atoms with Crippen LogP contribution in [0.4, 0.5) is 10.5 Å². The van der Waals surface area contributed by atoms with E-state index in [4.69, 9.17) is 9.15 Å². The van der Waals surface area contributed by atoms with Crippen molar-refractivity contribution in [1.82, 2.24) is 5.32 Å². The highest BCUT2D eigenvalue weighted by Crippen LogP contribution is 2.25. The predicted octanol–water partition coefficient (Wildman–Crippen LogP) is 3.19. The van der Waals surface area contributed by atoms with Crippen molar-refractivity contribution in [2.24, 2.45) is 0 Å². The Kier molecular flexibility index (Phi) is 5.82. The first-order chi connectivity index (χ1) is 13.8. The summed E-state index contributed by atoms with van der Waals surface area (Å²) in [6.07, 6.45) is 1.28. The van der Waals surface area contributed by atoms with Crippen LogP contribution in [0.5, 0.6) is 5.75 Å². The smallest absolute Gasteiger partial charge is 0.325 e. The normalized spacial score (nSPS) is 10.6. The van der Waals surface area contributed by atoms with Gasteiger partial charge in [0, 0.05) is 22.7 Å². The third kappa shape index (κ3) is 5.13. The average Bonchev–Trinajstić information content (AvgIpc) is 3.04. The van der Waals surface area contributed by atoms with Crippen molar-refractivity contribution in [3.05, 3.63) is 59.4 Å². The molecule has 29 heavy (non-hydrogen) atoms. The summed E-state index contributed by atoms with van der Waals surface area (Å²) in [5, 5.41) is 14.8. The van der Waals surface area contributed by atoms with Gasteiger partial charge in [0.1, 0.15) is 11.3 Å². The molecule has 0 spiro atoms. The molecule has 3 N–H and O–H groups in total. The zero-order chi connectivity index (χ0) is 21.0. The number of rotatable bonds is 5. The Morgan fingerprint density at radius 2 is 1.90 bits per heavy atom. The van der Waals surface area contributed by atoms with Gasteiger partial charge in [-0.25, -0.2) is 4.79 Å². The molecule has 150 valence electrons. The molecule has 0 atom stereocenters. The molecule has 0 fully saturated rings. The largest absolute Gasteiger partial charge is 0.508 e. The van der Waals surface area contributed by atoms with Crippen LogP contribution >= 0.6 is 0 Å². The number of fused-ring (bicyclic) bond motifs is 1. The van der Waals surface area contributed by atoms with Crippen LogP contribution in [0.3, 0.4) is 0 Å². The number of phenols is 1. The molecule has 0 unspecified atom stereocenters. The van der Waals surface area contributed by atoms with E-state index in [0.29, 0.717) is 22.2 Å². The number of benzene rings is 2. The number of anilines is 1. The van der Waals surface area contributed by atoms with E-state index in [-0.39, 0.29) is 12.2 Å². The van der Waals surface area contributed by atoms with E-state index >= 15 is 0 Å². The summed E-state index contributed by atoms with van der Waals surface area (Å²) in [6.45, 7) is 3.19. The summed E-state index contributed by atoms with van der Waals surface area (Å²) in [7, 11) is 0. The number of hydrogen-bond acceptors (Lipinski definition) is 6. The first-order valence-electron chi connectivity index (χ1n) is 8.84. The highest BCUT2D eigenvalue weighted by Gasteiger charge is 2.15. The Hall–Kier alpha value is -3.81. The Morgan fingerprint density at radius 1 is 1.10 bits per heavy atom. The van der Waals surface area contributed by atoms with Gasteiger partial charge in [-0.15, -0.1) is 0 Å². The van der Waals surface area contributed by atoms with Crippen LogP contribution in [0.15, 0.2) is 47.1 Å². The van der Waals surface area contributed by atoms with Gasteiger partial charge in [-0.1, -0.05) is 17.7 Å². The second-order valence-electron chi connectivity index (χ2n) is 6.60. The minimum Gasteiger partial charge on any atom is -0.508 e. The summed E-state index contributed by atoms with van der Waals surface area (Å²) in [4.78, 5) is 35.7. The number of hydrogen-bond donors (Lipinski definition) is 3. The SMILES string of the molecule is Cc1ccc(NC(=O)NC(=O)COC(=O)Cc2coc3cc(O)ccc23)c(C)c1. The fourth-order valence-corrected chi connectivity index (χ4v) is 2.83. The predicted molar refractivity (Wildman–Crippen MR) is 106 cm³/mol. The third-order valence-corrected chi connectivity index (χ3v) is 4.22. The second kappa shape index (κ2) is 8.47. The van der Waals surface area contributed by atoms with Crippen LogP contribution < -0.4 is 10.6 Å². The number of urea groups is 1. The molecule has 3 aromatic rings. The van der Waals surface area contributed by atoms with Crippen LogP contribution in [0.2, 0.25) is 0 Å². The maximum Gasteiger partial charge on any atom is 0.325 e. The van der Waals surface area contributed by atoms with Crippen LogP contribution in [0.1, 0.15) is 16.7 Å². The highest BCUT2D eigenvalue weighted by molar-refractivity contribution is 6.02. The number of carbonyl (C=O) groups is 3. The number of phenolic OH excluding ortho intramolecular Hbond substituents is 1. The van der Waals surface area contributed by atoms with Crippen molar-refractivity contribution in [3.8, 4) is 5.75 Å². The minimum atomic E-state index is -0.748. The first-order valence-corrected chi connectivity index (χ1v) is 8.84. The molecular formula is C21H20N2O6. The van der Waals surface area contributed by atoms with Gasteiger partial charge >= 0.3 is 12.0 Å². The molecule has 3 rings (SSSR count). The lowest BCUT2D eigenvalue weighted by Crippen LogP contribution is -2.37. The van der Waals surface area contributed by atoms with Crippen molar-refractivity contribution in [3.63, 3.8) is 0 Å². The maximum atomic E-state index is 12.0. The van der Waals surface area contributed by atoms with Gasteiger partial charge in [0.25, 0.3) is 5.91 Å². The van der Waals surface area contributed by atoms with E-state index in [0.717, 1.165) is 11.1 Å². The van der Waals surface area contributed by atoms with Gasteiger partial charge in [-0.05, 0) is 37.6 Å². The lowest BCUT2D eigenvalue weighted by Gasteiger charge is -2.10. The van der Waals surface area contributed by atoms with Crippen molar-refractivity contribution < 1.29 is 28.6 Å². The summed E-state index contributed by atoms with van der Waals surface area (Å²) in [5.74, 6) is -1.34. The highest BCUT2D eigenvalue weighted by atomic mass is 16.5.